The first-order valence-electron chi connectivity index (χ1n) is 8.20. The first-order chi connectivity index (χ1) is 11.6. The zero-order chi connectivity index (χ0) is 17.1. The van der Waals surface area contributed by atoms with E-state index in [1.807, 2.05) is 24.3 Å². The number of para-hydroxylation sites is 1. The summed E-state index contributed by atoms with van der Waals surface area (Å²) in [5.74, 6) is -0.627. The maximum Gasteiger partial charge on any atom is 0.228 e. The number of nitrogens with one attached hydrogen (secondary N) is 2. The van der Waals surface area contributed by atoms with Gasteiger partial charge in [0.15, 0.2) is 0 Å². The van der Waals surface area contributed by atoms with Gasteiger partial charge in [-0.15, -0.1) is 11.3 Å². The van der Waals surface area contributed by atoms with Crippen LogP contribution >= 0.6 is 11.3 Å². The predicted octanol–water partition coefficient (Wildman–Crippen LogP) is 2.80. The maximum absolute atomic E-state index is 12.5. The van der Waals surface area contributed by atoms with Gasteiger partial charge in [-0.05, 0) is 25.0 Å². The minimum absolute atomic E-state index is 0.0960. The number of amides is 2. The van der Waals surface area contributed by atoms with Gasteiger partial charge in [-0.3, -0.25) is 9.59 Å². The van der Waals surface area contributed by atoms with Crippen LogP contribution < -0.4 is 10.6 Å². The summed E-state index contributed by atoms with van der Waals surface area (Å²) >= 11 is 1.69. The van der Waals surface area contributed by atoms with Crippen LogP contribution in [0, 0.1) is 6.92 Å². The van der Waals surface area contributed by atoms with Crippen molar-refractivity contribution in [1.82, 2.24) is 10.3 Å². The summed E-state index contributed by atoms with van der Waals surface area (Å²) in [5, 5.41) is 6.82. The normalized spacial score (nSPS) is 16.4. The maximum atomic E-state index is 12.5. The van der Waals surface area contributed by atoms with Crippen LogP contribution in [0.2, 0.25) is 0 Å². The number of aromatic nitrogens is 1. The molecule has 126 valence electrons. The van der Waals surface area contributed by atoms with E-state index in [1.165, 1.54) is 4.88 Å². The minimum Gasteiger partial charge on any atom is -0.355 e. The van der Waals surface area contributed by atoms with E-state index in [0.29, 0.717) is 6.54 Å². The topological polar surface area (TPSA) is 71.1 Å². The van der Waals surface area contributed by atoms with Crippen molar-refractivity contribution in [3.63, 3.8) is 0 Å². The van der Waals surface area contributed by atoms with Gasteiger partial charge in [-0.1, -0.05) is 25.1 Å². The number of nitrogens with zero attached hydrogens (tertiary/aromatic N) is 1. The highest BCUT2D eigenvalue weighted by atomic mass is 32.1. The van der Waals surface area contributed by atoms with Gasteiger partial charge >= 0.3 is 0 Å². The molecule has 1 aromatic heterocycles. The summed E-state index contributed by atoms with van der Waals surface area (Å²) in [6.07, 6.45) is 1.85. The summed E-state index contributed by atoms with van der Waals surface area (Å²) < 4.78 is 0. The molecule has 24 heavy (non-hydrogen) atoms. The largest absolute Gasteiger partial charge is 0.355 e. The third-order valence-electron chi connectivity index (χ3n) is 4.23. The molecular formula is C18H21N3O2S. The van der Waals surface area contributed by atoms with Crippen molar-refractivity contribution in [2.24, 2.45) is 0 Å². The molecular weight excluding hydrogens is 322 g/mol. The standard InChI is InChI=1S/C18H21N3O2S/c1-3-14-11(2)24-17(21-14)8-9-19-18(23)13-10-16(22)20-15-7-5-4-6-12(13)15/h4-7,13H,3,8-10H2,1-2H3,(H,19,23)(H,20,22). The van der Waals surface area contributed by atoms with Gasteiger partial charge in [-0.25, -0.2) is 4.98 Å². The molecule has 0 saturated carbocycles. The van der Waals surface area contributed by atoms with Crippen molar-refractivity contribution in [1.29, 1.82) is 0 Å². The fourth-order valence-electron chi connectivity index (χ4n) is 2.98. The van der Waals surface area contributed by atoms with E-state index >= 15 is 0 Å². The molecule has 0 spiro atoms. The number of benzene rings is 1. The lowest BCUT2D eigenvalue weighted by atomic mass is 9.90. The molecule has 2 aromatic rings. The number of carbonyl (C=O) groups is 2. The Labute approximate surface area is 145 Å². The van der Waals surface area contributed by atoms with Gasteiger partial charge in [0.2, 0.25) is 11.8 Å². The van der Waals surface area contributed by atoms with Crippen molar-refractivity contribution in [3.05, 3.63) is 45.4 Å². The van der Waals surface area contributed by atoms with E-state index in [2.05, 4.69) is 29.5 Å². The second-order valence-corrected chi connectivity index (χ2v) is 7.18. The van der Waals surface area contributed by atoms with Crippen LogP contribution in [0.4, 0.5) is 5.69 Å². The molecule has 3 rings (SSSR count). The molecule has 0 radical (unpaired) electrons. The predicted molar refractivity (Wildman–Crippen MR) is 95.4 cm³/mol. The SMILES string of the molecule is CCc1nc(CCNC(=O)C2CC(=O)Nc3ccccc32)sc1C. The molecule has 0 saturated heterocycles. The van der Waals surface area contributed by atoms with Crippen molar-refractivity contribution >= 4 is 28.8 Å². The first kappa shape index (κ1) is 16.6. The number of carbonyl (C=O) groups excluding carboxylic acids is 2. The van der Waals surface area contributed by atoms with Gasteiger partial charge < -0.3 is 10.6 Å². The highest BCUT2D eigenvalue weighted by Gasteiger charge is 2.30. The number of rotatable bonds is 5. The lowest BCUT2D eigenvalue weighted by Gasteiger charge is -2.24. The fourth-order valence-corrected chi connectivity index (χ4v) is 4.00. The second kappa shape index (κ2) is 7.13. The Morgan fingerprint density at radius 1 is 1.42 bits per heavy atom. The summed E-state index contributed by atoms with van der Waals surface area (Å²) in [6.45, 7) is 4.71. The Balaban J connectivity index is 1.62. The lowest BCUT2D eigenvalue weighted by molar-refractivity contribution is -0.126. The zero-order valence-electron chi connectivity index (χ0n) is 13.9. The van der Waals surface area contributed by atoms with Crippen LogP contribution in [0.25, 0.3) is 0 Å². The molecule has 2 N–H and O–H groups in total. The quantitative estimate of drug-likeness (QED) is 0.877. The highest BCUT2D eigenvalue weighted by Crippen LogP contribution is 2.31. The first-order valence-corrected chi connectivity index (χ1v) is 9.01. The number of thiazole rings is 1. The van der Waals surface area contributed by atoms with Crippen molar-refractivity contribution in [3.8, 4) is 0 Å². The molecule has 1 aliphatic heterocycles. The minimum atomic E-state index is -0.417. The average Bonchev–Trinajstić information content (AvgIpc) is 2.93. The summed E-state index contributed by atoms with van der Waals surface area (Å²) in [4.78, 5) is 30.2. The Morgan fingerprint density at radius 2 is 2.21 bits per heavy atom. The summed E-state index contributed by atoms with van der Waals surface area (Å²) in [5.41, 5.74) is 2.75. The van der Waals surface area contributed by atoms with Gasteiger partial charge in [0.1, 0.15) is 0 Å². The molecule has 0 aliphatic carbocycles. The molecule has 2 amide bonds. The van der Waals surface area contributed by atoms with E-state index < -0.39 is 5.92 Å². The molecule has 2 heterocycles. The van der Waals surface area contributed by atoms with Crippen molar-refractivity contribution < 1.29 is 9.59 Å². The molecule has 5 nitrogen and oxygen atoms in total. The Morgan fingerprint density at radius 3 is 2.96 bits per heavy atom. The average molecular weight is 343 g/mol. The second-order valence-electron chi connectivity index (χ2n) is 5.90. The van der Waals surface area contributed by atoms with Crippen molar-refractivity contribution in [2.45, 2.75) is 39.0 Å². The van der Waals surface area contributed by atoms with E-state index in [9.17, 15) is 9.59 Å². The Hall–Kier alpha value is -2.21. The van der Waals surface area contributed by atoms with E-state index in [-0.39, 0.29) is 18.2 Å². The van der Waals surface area contributed by atoms with Crippen LogP contribution in [0.3, 0.4) is 0 Å². The monoisotopic (exact) mass is 343 g/mol. The lowest BCUT2D eigenvalue weighted by Crippen LogP contribution is -2.35. The smallest absolute Gasteiger partial charge is 0.228 e. The highest BCUT2D eigenvalue weighted by molar-refractivity contribution is 7.11. The van der Waals surface area contributed by atoms with Crippen LogP contribution in [0.15, 0.2) is 24.3 Å². The molecule has 1 atom stereocenters. The molecule has 0 fully saturated rings. The Kier molecular flexibility index (Phi) is 4.94. The number of anilines is 1. The van der Waals surface area contributed by atoms with E-state index in [0.717, 1.165) is 34.8 Å². The third-order valence-corrected chi connectivity index (χ3v) is 5.30. The van der Waals surface area contributed by atoms with Gasteiger partial charge in [-0.2, -0.15) is 0 Å². The number of fused-ring (bicyclic) bond motifs is 1. The Bertz CT molecular complexity index is 769. The number of aryl methyl sites for hydroxylation is 2. The van der Waals surface area contributed by atoms with Gasteiger partial charge in [0, 0.05) is 30.0 Å². The third kappa shape index (κ3) is 3.48. The molecule has 1 unspecified atom stereocenters. The van der Waals surface area contributed by atoms with Crippen LogP contribution in [0.1, 0.15) is 40.4 Å². The van der Waals surface area contributed by atoms with Crippen LogP contribution in [-0.2, 0) is 22.4 Å². The fraction of sp³-hybridized carbons (Fsp3) is 0.389. The summed E-state index contributed by atoms with van der Waals surface area (Å²) in [6, 6.07) is 7.48. The van der Waals surface area contributed by atoms with Gasteiger partial charge in [0.05, 0.1) is 16.6 Å². The number of hydrogen-bond acceptors (Lipinski definition) is 4. The van der Waals surface area contributed by atoms with E-state index in [1.54, 1.807) is 11.3 Å². The van der Waals surface area contributed by atoms with Crippen LogP contribution in [-0.4, -0.2) is 23.3 Å². The molecule has 0 bridgehead atoms. The van der Waals surface area contributed by atoms with Crippen molar-refractivity contribution in [2.75, 3.05) is 11.9 Å². The van der Waals surface area contributed by atoms with Crippen LogP contribution in [0.5, 0.6) is 0 Å². The van der Waals surface area contributed by atoms with Gasteiger partial charge in [0.25, 0.3) is 0 Å². The zero-order valence-corrected chi connectivity index (χ0v) is 14.7. The molecule has 1 aromatic carbocycles. The molecule has 1 aliphatic rings. The van der Waals surface area contributed by atoms with E-state index in [4.69, 9.17) is 0 Å². The summed E-state index contributed by atoms with van der Waals surface area (Å²) in [7, 11) is 0. The molecule has 6 heteroatoms. The number of hydrogen-bond donors (Lipinski definition) is 2.